The summed E-state index contributed by atoms with van der Waals surface area (Å²) in [5.41, 5.74) is 6.34. The zero-order valence-electron chi connectivity index (χ0n) is 12.5. The van der Waals surface area contributed by atoms with Gasteiger partial charge >= 0.3 is 0 Å². The molecule has 4 rings (SSSR count). The van der Waals surface area contributed by atoms with Crippen LogP contribution in [0.5, 0.6) is 0 Å². The maximum Gasteiger partial charge on any atom is 0.139 e. The van der Waals surface area contributed by atoms with E-state index in [4.69, 9.17) is 0 Å². The van der Waals surface area contributed by atoms with Crippen LogP contribution in [0.2, 0.25) is 0 Å². The lowest BCUT2D eigenvalue weighted by molar-refractivity contribution is -0.127. The van der Waals surface area contributed by atoms with Crippen molar-refractivity contribution >= 4 is 5.78 Å². The van der Waals surface area contributed by atoms with E-state index in [2.05, 4.69) is 19.6 Å². The van der Waals surface area contributed by atoms with Gasteiger partial charge in [-0.1, -0.05) is 30.7 Å². The second kappa shape index (κ2) is 4.19. The summed E-state index contributed by atoms with van der Waals surface area (Å²) >= 11 is 0. The van der Waals surface area contributed by atoms with Crippen molar-refractivity contribution < 1.29 is 4.79 Å². The van der Waals surface area contributed by atoms with Crippen molar-refractivity contribution in [3.8, 4) is 0 Å². The van der Waals surface area contributed by atoms with E-state index < -0.39 is 0 Å². The van der Waals surface area contributed by atoms with E-state index in [0.717, 1.165) is 25.7 Å². The first-order chi connectivity index (χ1) is 9.59. The molecule has 4 aliphatic carbocycles. The van der Waals surface area contributed by atoms with Crippen LogP contribution < -0.4 is 0 Å². The van der Waals surface area contributed by atoms with Crippen LogP contribution >= 0.6 is 0 Å². The number of carbonyl (C=O) groups is 1. The quantitative estimate of drug-likeness (QED) is 0.579. The Morgan fingerprint density at radius 3 is 2.90 bits per heavy atom. The Morgan fingerprint density at radius 2 is 2.05 bits per heavy atom. The number of Topliss-reactive ketones (excluding diaryl/α,β-unsaturated/α-hetero) is 1. The van der Waals surface area contributed by atoms with Gasteiger partial charge in [0.1, 0.15) is 5.78 Å². The Bertz CT molecular complexity index is 562. The Balaban J connectivity index is 1.75. The van der Waals surface area contributed by atoms with Crippen molar-refractivity contribution in [1.82, 2.24) is 0 Å². The normalized spacial score (nSPS) is 40.1. The topological polar surface area (TPSA) is 17.1 Å². The molecule has 0 bridgehead atoms. The summed E-state index contributed by atoms with van der Waals surface area (Å²) in [5.74, 6) is 1.81. The van der Waals surface area contributed by atoms with Gasteiger partial charge in [-0.3, -0.25) is 4.79 Å². The van der Waals surface area contributed by atoms with Gasteiger partial charge in [-0.2, -0.15) is 0 Å². The Morgan fingerprint density at radius 1 is 1.20 bits per heavy atom. The molecule has 20 heavy (non-hydrogen) atoms. The van der Waals surface area contributed by atoms with Crippen LogP contribution in [0.15, 0.2) is 34.9 Å². The van der Waals surface area contributed by atoms with Gasteiger partial charge in [-0.25, -0.2) is 0 Å². The Kier molecular flexibility index (Phi) is 2.64. The molecule has 0 spiro atoms. The first-order valence-electron chi connectivity index (χ1n) is 8.21. The van der Waals surface area contributed by atoms with E-state index in [1.54, 1.807) is 16.7 Å². The number of fused-ring (bicyclic) bond motifs is 4. The van der Waals surface area contributed by atoms with E-state index in [1.807, 2.05) is 0 Å². The number of hydrogen-bond acceptors (Lipinski definition) is 1. The minimum Gasteiger partial charge on any atom is -0.299 e. The molecule has 1 nitrogen and oxygen atoms in total. The van der Waals surface area contributed by atoms with Crippen LogP contribution in [-0.4, -0.2) is 5.78 Å². The average molecular weight is 268 g/mol. The number of hydrogen-bond donors (Lipinski definition) is 0. The van der Waals surface area contributed by atoms with Gasteiger partial charge in [-0.05, 0) is 67.9 Å². The lowest BCUT2D eigenvalue weighted by atomic mass is 9.59. The number of allylic oxidation sites excluding steroid dienone is 5. The first-order valence-corrected chi connectivity index (χ1v) is 8.21. The third kappa shape index (κ3) is 1.58. The molecular formula is C19H24O. The summed E-state index contributed by atoms with van der Waals surface area (Å²) in [5, 5.41) is 0. The molecule has 0 heterocycles. The van der Waals surface area contributed by atoms with E-state index in [1.165, 1.54) is 31.3 Å². The highest BCUT2D eigenvalue weighted by molar-refractivity contribution is 5.87. The monoisotopic (exact) mass is 268 g/mol. The van der Waals surface area contributed by atoms with Crippen molar-refractivity contribution in [2.45, 2.75) is 58.3 Å². The van der Waals surface area contributed by atoms with Gasteiger partial charge in [0, 0.05) is 11.8 Å². The number of ketones is 1. The van der Waals surface area contributed by atoms with E-state index >= 15 is 0 Å². The molecule has 0 aromatic rings. The summed E-state index contributed by atoms with van der Waals surface area (Å²) in [6.07, 6.45) is 11.4. The maximum atomic E-state index is 12.3. The van der Waals surface area contributed by atoms with Crippen LogP contribution in [0, 0.1) is 17.3 Å². The van der Waals surface area contributed by atoms with Gasteiger partial charge in [0.25, 0.3) is 0 Å². The highest BCUT2D eigenvalue weighted by Gasteiger charge is 2.52. The molecule has 1 fully saturated rings. The van der Waals surface area contributed by atoms with Gasteiger partial charge in [0.15, 0.2) is 0 Å². The summed E-state index contributed by atoms with van der Waals surface area (Å²) < 4.78 is 0. The van der Waals surface area contributed by atoms with Crippen LogP contribution in [0.3, 0.4) is 0 Å². The van der Waals surface area contributed by atoms with Gasteiger partial charge in [-0.15, -0.1) is 0 Å². The molecule has 2 unspecified atom stereocenters. The van der Waals surface area contributed by atoms with Crippen LogP contribution in [-0.2, 0) is 4.79 Å². The largest absolute Gasteiger partial charge is 0.299 e. The molecule has 106 valence electrons. The molecule has 0 radical (unpaired) electrons. The lowest BCUT2D eigenvalue weighted by Gasteiger charge is -2.45. The zero-order valence-corrected chi connectivity index (χ0v) is 12.5. The molecular weight excluding hydrogens is 244 g/mol. The number of rotatable bonds is 0. The number of carbonyl (C=O) groups excluding carboxylic acids is 1. The molecule has 0 aliphatic heterocycles. The molecule has 0 aromatic heterocycles. The van der Waals surface area contributed by atoms with Crippen LogP contribution in [0.25, 0.3) is 0 Å². The van der Waals surface area contributed by atoms with Gasteiger partial charge < -0.3 is 0 Å². The molecule has 1 heteroatoms. The summed E-state index contributed by atoms with van der Waals surface area (Å²) in [6.45, 7) is 6.41. The molecule has 0 aromatic carbocycles. The van der Waals surface area contributed by atoms with Crippen LogP contribution in [0.4, 0.5) is 0 Å². The predicted octanol–water partition coefficient (Wildman–Crippen LogP) is 4.75. The fourth-order valence-corrected chi connectivity index (χ4v) is 5.29. The molecule has 4 aliphatic rings. The van der Waals surface area contributed by atoms with Crippen LogP contribution in [0.1, 0.15) is 58.3 Å². The van der Waals surface area contributed by atoms with Crippen molar-refractivity contribution in [2.24, 2.45) is 17.3 Å². The van der Waals surface area contributed by atoms with E-state index in [-0.39, 0.29) is 5.41 Å². The second-order valence-corrected chi connectivity index (χ2v) is 7.50. The standard InChI is InChI=1S/C19H24O/c1-12-3-5-14-13(11-12)4-6-16-15(14)9-10-19(2)17(16)7-8-18(19)20/h9,16-17H,1,3-8,10-11H2,2H3/t16?,17?,19-/m0/s1. The third-order valence-electron chi connectivity index (χ3n) is 6.49. The molecule has 0 saturated heterocycles. The molecule has 1 saturated carbocycles. The minimum atomic E-state index is -0.0372. The summed E-state index contributed by atoms with van der Waals surface area (Å²) in [4.78, 5) is 12.3. The van der Waals surface area contributed by atoms with Crippen molar-refractivity contribution in [3.63, 3.8) is 0 Å². The molecule has 0 amide bonds. The van der Waals surface area contributed by atoms with E-state index in [0.29, 0.717) is 17.6 Å². The maximum absolute atomic E-state index is 12.3. The van der Waals surface area contributed by atoms with Crippen molar-refractivity contribution in [2.75, 3.05) is 0 Å². The fourth-order valence-electron chi connectivity index (χ4n) is 5.29. The van der Waals surface area contributed by atoms with Gasteiger partial charge in [0.05, 0.1) is 0 Å². The fraction of sp³-hybridized carbons (Fsp3) is 0.632. The van der Waals surface area contributed by atoms with Crippen molar-refractivity contribution in [3.05, 3.63) is 34.9 Å². The first kappa shape index (κ1) is 12.6. The lowest BCUT2D eigenvalue weighted by Crippen LogP contribution is -2.38. The Labute approximate surface area is 121 Å². The molecule has 3 atom stereocenters. The SMILES string of the molecule is C=C1CCC2=C(CCC3C2=CC[C@]2(C)C(=O)CCC32)C1. The minimum absolute atomic E-state index is 0.0372. The summed E-state index contributed by atoms with van der Waals surface area (Å²) in [6, 6.07) is 0. The smallest absolute Gasteiger partial charge is 0.139 e. The van der Waals surface area contributed by atoms with Gasteiger partial charge in [0.2, 0.25) is 0 Å². The third-order valence-corrected chi connectivity index (χ3v) is 6.49. The second-order valence-electron chi connectivity index (χ2n) is 7.50. The highest BCUT2D eigenvalue weighted by Crippen LogP contribution is 2.57. The van der Waals surface area contributed by atoms with Crippen molar-refractivity contribution in [1.29, 1.82) is 0 Å². The zero-order chi connectivity index (χ0) is 13.9. The Hall–Kier alpha value is -1.11. The summed E-state index contributed by atoms with van der Waals surface area (Å²) in [7, 11) is 0. The molecule has 0 N–H and O–H groups in total. The van der Waals surface area contributed by atoms with E-state index in [9.17, 15) is 4.79 Å². The average Bonchev–Trinajstić information content (AvgIpc) is 2.74. The predicted molar refractivity (Wildman–Crippen MR) is 81.3 cm³/mol. The highest BCUT2D eigenvalue weighted by atomic mass is 16.1.